The van der Waals surface area contributed by atoms with Crippen LogP contribution in [0.5, 0.6) is 0 Å². The van der Waals surface area contributed by atoms with E-state index in [1.165, 1.54) is 0 Å². The van der Waals surface area contributed by atoms with Crippen LogP contribution in [-0.2, 0) is 0 Å². The standard InChI is InChI=1S/C11H7NO4/c13-6-2-4-7-3-1-5-8-9(7)10(14)16-11(15)12-8/h1,3,5,13H,6H2,(H,12,15). The number of hydrogen-bond donors (Lipinski definition) is 2. The fourth-order valence-corrected chi connectivity index (χ4v) is 1.39. The molecular weight excluding hydrogens is 210 g/mol. The van der Waals surface area contributed by atoms with Gasteiger partial charge in [0, 0.05) is 5.56 Å². The molecule has 0 atom stereocenters. The summed E-state index contributed by atoms with van der Waals surface area (Å²) in [5.41, 5.74) is 0.0455. The van der Waals surface area contributed by atoms with Crippen LogP contribution in [-0.4, -0.2) is 16.7 Å². The fourth-order valence-electron chi connectivity index (χ4n) is 1.39. The van der Waals surface area contributed by atoms with Crippen LogP contribution in [0.15, 0.2) is 32.2 Å². The lowest BCUT2D eigenvalue weighted by Crippen LogP contribution is -2.15. The number of hydrogen-bond acceptors (Lipinski definition) is 4. The molecule has 1 aromatic heterocycles. The number of fused-ring (bicyclic) bond motifs is 1. The van der Waals surface area contributed by atoms with E-state index >= 15 is 0 Å². The zero-order valence-electron chi connectivity index (χ0n) is 8.11. The number of aromatic nitrogens is 1. The van der Waals surface area contributed by atoms with E-state index in [9.17, 15) is 9.59 Å². The third kappa shape index (κ3) is 1.74. The maximum atomic E-state index is 11.5. The summed E-state index contributed by atoms with van der Waals surface area (Å²) in [6, 6.07) is 4.84. The molecule has 1 aromatic carbocycles. The first-order chi connectivity index (χ1) is 7.72. The van der Waals surface area contributed by atoms with Gasteiger partial charge in [0.15, 0.2) is 0 Å². The monoisotopic (exact) mass is 217 g/mol. The van der Waals surface area contributed by atoms with Crippen LogP contribution in [0.25, 0.3) is 10.9 Å². The minimum absolute atomic E-state index is 0.211. The summed E-state index contributed by atoms with van der Waals surface area (Å²) in [5, 5.41) is 8.79. The van der Waals surface area contributed by atoms with Crippen LogP contribution in [0, 0.1) is 11.8 Å². The summed E-state index contributed by atoms with van der Waals surface area (Å²) in [6.07, 6.45) is 0. The van der Waals surface area contributed by atoms with Crippen LogP contribution in [0.4, 0.5) is 0 Å². The average Bonchev–Trinajstić information content (AvgIpc) is 2.25. The van der Waals surface area contributed by atoms with E-state index in [2.05, 4.69) is 21.2 Å². The molecule has 2 aromatic rings. The molecule has 0 spiro atoms. The SMILES string of the molecule is O=c1[nH]c2cccc(C#CCO)c2c(=O)o1. The third-order valence-corrected chi connectivity index (χ3v) is 1.99. The van der Waals surface area contributed by atoms with Crippen molar-refractivity contribution in [3.05, 3.63) is 44.7 Å². The second-order valence-corrected chi connectivity index (χ2v) is 2.99. The summed E-state index contributed by atoms with van der Waals surface area (Å²) in [4.78, 5) is 24.8. The Balaban J connectivity index is 2.87. The van der Waals surface area contributed by atoms with Crippen LogP contribution >= 0.6 is 0 Å². The minimum atomic E-state index is -0.801. The van der Waals surface area contributed by atoms with Gasteiger partial charge in [0.25, 0.3) is 0 Å². The zero-order valence-corrected chi connectivity index (χ0v) is 8.11. The number of aromatic amines is 1. The highest BCUT2D eigenvalue weighted by Crippen LogP contribution is 2.10. The Hall–Kier alpha value is -2.32. The van der Waals surface area contributed by atoms with Gasteiger partial charge in [-0.3, -0.25) is 4.98 Å². The van der Waals surface area contributed by atoms with Crippen molar-refractivity contribution in [3.63, 3.8) is 0 Å². The Morgan fingerprint density at radius 1 is 1.38 bits per heavy atom. The molecule has 0 saturated heterocycles. The molecule has 0 aliphatic carbocycles. The highest BCUT2D eigenvalue weighted by Gasteiger charge is 2.05. The molecule has 1 heterocycles. The topological polar surface area (TPSA) is 83.3 Å². The highest BCUT2D eigenvalue weighted by atomic mass is 16.4. The van der Waals surface area contributed by atoms with Gasteiger partial charge in [0.2, 0.25) is 0 Å². The number of H-pyrrole nitrogens is 1. The number of aliphatic hydroxyl groups is 1. The first-order valence-corrected chi connectivity index (χ1v) is 4.48. The first-order valence-electron chi connectivity index (χ1n) is 4.48. The normalized spacial score (nSPS) is 9.81. The van der Waals surface area contributed by atoms with E-state index in [1.807, 2.05) is 0 Å². The fraction of sp³-hybridized carbons (Fsp3) is 0.0909. The second-order valence-electron chi connectivity index (χ2n) is 2.99. The van der Waals surface area contributed by atoms with Gasteiger partial charge in [-0.15, -0.1) is 0 Å². The largest absolute Gasteiger partial charge is 0.419 e. The molecule has 5 nitrogen and oxygen atoms in total. The van der Waals surface area contributed by atoms with Crippen molar-refractivity contribution in [1.29, 1.82) is 0 Å². The molecule has 0 saturated carbocycles. The number of rotatable bonds is 0. The van der Waals surface area contributed by atoms with Gasteiger partial charge in [0.05, 0.1) is 10.9 Å². The average molecular weight is 217 g/mol. The maximum absolute atomic E-state index is 11.5. The molecule has 0 amide bonds. The Morgan fingerprint density at radius 2 is 2.19 bits per heavy atom. The van der Waals surface area contributed by atoms with Gasteiger partial charge in [-0.05, 0) is 12.1 Å². The quantitative estimate of drug-likeness (QED) is 0.600. The van der Waals surface area contributed by atoms with E-state index in [-0.39, 0.29) is 12.0 Å². The molecule has 0 aliphatic rings. The number of nitrogens with one attached hydrogen (secondary N) is 1. The lowest BCUT2D eigenvalue weighted by atomic mass is 10.1. The zero-order chi connectivity index (χ0) is 11.5. The summed E-state index contributed by atoms with van der Waals surface area (Å²) in [7, 11) is 0. The highest BCUT2D eigenvalue weighted by molar-refractivity contribution is 5.83. The van der Waals surface area contributed by atoms with E-state index in [4.69, 9.17) is 5.11 Å². The van der Waals surface area contributed by atoms with Crippen LogP contribution in [0.2, 0.25) is 0 Å². The molecule has 0 unspecified atom stereocenters. The molecule has 2 rings (SSSR count). The Bertz CT molecular complexity index is 699. The van der Waals surface area contributed by atoms with E-state index in [1.54, 1.807) is 18.2 Å². The van der Waals surface area contributed by atoms with E-state index < -0.39 is 11.4 Å². The summed E-state index contributed by atoms with van der Waals surface area (Å²) in [5.74, 6) is 4.25. The Morgan fingerprint density at radius 3 is 2.94 bits per heavy atom. The van der Waals surface area contributed by atoms with Crippen LogP contribution in [0.1, 0.15) is 5.56 Å². The van der Waals surface area contributed by atoms with Gasteiger partial charge < -0.3 is 9.52 Å². The Kier molecular flexibility index (Phi) is 2.58. The predicted molar refractivity (Wildman–Crippen MR) is 57.1 cm³/mol. The van der Waals surface area contributed by atoms with Crippen molar-refractivity contribution < 1.29 is 9.52 Å². The lowest BCUT2D eigenvalue weighted by molar-refractivity contribution is 0.350. The number of aliphatic hydroxyl groups excluding tert-OH is 1. The van der Waals surface area contributed by atoms with Crippen molar-refractivity contribution >= 4 is 10.9 Å². The van der Waals surface area contributed by atoms with E-state index in [0.29, 0.717) is 11.1 Å². The van der Waals surface area contributed by atoms with Gasteiger partial charge in [-0.1, -0.05) is 17.9 Å². The third-order valence-electron chi connectivity index (χ3n) is 1.99. The predicted octanol–water partition coefficient (Wildman–Crippen LogP) is -0.175. The minimum Gasteiger partial charge on any atom is -0.384 e. The summed E-state index contributed by atoms with van der Waals surface area (Å²) < 4.78 is 4.41. The first kappa shape index (κ1) is 10.2. The molecule has 80 valence electrons. The molecule has 16 heavy (non-hydrogen) atoms. The van der Waals surface area contributed by atoms with Crippen molar-refractivity contribution in [2.45, 2.75) is 0 Å². The molecule has 5 heteroatoms. The Labute approximate surface area is 89.3 Å². The van der Waals surface area contributed by atoms with Crippen LogP contribution < -0.4 is 11.4 Å². The molecular formula is C11H7NO4. The second kappa shape index (κ2) is 4.04. The van der Waals surface area contributed by atoms with Gasteiger partial charge in [0.1, 0.15) is 6.61 Å². The van der Waals surface area contributed by atoms with Crippen LogP contribution in [0.3, 0.4) is 0 Å². The number of benzene rings is 1. The van der Waals surface area contributed by atoms with Crippen molar-refractivity contribution in [3.8, 4) is 11.8 Å². The molecule has 0 bridgehead atoms. The smallest absolute Gasteiger partial charge is 0.384 e. The summed E-state index contributed by atoms with van der Waals surface area (Å²) >= 11 is 0. The molecule has 2 N–H and O–H groups in total. The van der Waals surface area contributed by atoms with E-state index in [0.717, 1.165) is 0 Å². The van der Waals surface area contributed by atoms with Crippen molar-refractivity contribution in [1.82, 2.24) is 4.98 Å². The van der Waals surface area contributed by atoms with Gasteiger partial charge in [-0.25, -0.2) is 9.59 Å². The summed E-state index contributed by atoms with van der Waals surface area (Å²) in [6.45, 7) is -0.301. The van der Waals surface area contributed by atoms with Crippen molar-refractivity contribution in [2.24, 2.45) is 0 Å². The molecule has 0 aliphatic heterocycles. The maximum Gasteiger partial charge on any atom is 0.419 e. The molecule has 0 fully saturated rings. The molecule has 0 radical (unpaired) electrons. The van der Waals surface area contributed by atoms with Gasteiger partial charge in [-0.2, -0.15) is 0 Å². The van der Waals surface area contributed by atoms with Gasteiger partial charge >= 0.3 is 11.4 Å². The lowest BCUT2D eigenvalue weighted by Gasteiger charge is -1.97. The van der Waals surface area contributed by atoms with Crippen molar-refractivity contribution in [2.75, 3.05) is 6.61 Å².